The van der Waals surface area contributed by atoms with Gasteiger partial charge in [-0.15, -0.1) is 5.10 Å². The molecule has 0 aromatic carbocycles. The van der Waals surface area contributed by atoms with Gasteiger partial charge in [-0.1, -0.05) is 26.0 Å². The molecule has 1 saturated heterocycles. The third kappa shape index (κ3) is 3.56. The predicted molar refractivity (Wildman–Crippen MR) is 77.5 cm³/mol. The molecule has 6 heteroatoms. The van der Waals surface area contributed by atoms with Crippen LogP contribution in [-0.4, -0.2) is 40.0 Å². The molecular formula is C14H25N5O. The van der Waals surface area contributed by atoms with Crippen LogP contribution in [0.5, 0.6) is 0 Å². The summed E-state index contributed by atoms with van der Waals surface area (Å²) in [4.78, 5) is 12.2. The van der Waals surface area contributed by atoms with E-state index in [0.717, 1.165) is 32.4 Å². The Labute approximate surface area is 120 Å². The van der Waals surface area contributed by atoms with Gasteiger partial charge < -0.3 is 10.6 Å². The van der Waals surface area contributed by atoms with Gasteiger partial charge in [0.1, 0.15) is 0 Å². The van der Waals surface area contributed by atoms with E-state index in [4.69, 9.17) is 0 Å². The molecule has 0 spiro atoms. The van der Waals surface area contributed by atoms with E-state index in [1.165, 1.54) is 0 Å². The molecule has 1 unspecified atom stereocenters. The Kier molecular flexibility index (Phi) is 5.11. The summed E-state index contributed by atoms with van der Waals surface area (Å²) in [6.07, 6.45) is 4.77. The molecule has 1 aromatic rings. The number of piperidine rings is 1. The van der Waals surface area contributed by atoms with E-state index in [2.05, 4.69) is 41.7 Å². The minimum atomic E-state index is -0.120. The quantitative estimate of drug-likeness (QED) is 0.854. The van der Waals surface area contributed by atoms with Gasteiger partial charge in [0.25, 0.3) is 5.91 Å². The molecule has 1 amide bonds. The van der Waals surface area contributed by atoms with Gasteiger partial charge in [0.2, 0.25) is 0 Å². The molecule has 0 aliphatic carbocycles. The first-order chi connectivity index (χ1) is 9.61. The topological polar surface area (TPSA) is 71.8 Å². The van der Waals surface area contributed by atoms with Crippen LogP contribution in [-0.2, 0) is 0 Å². The van der Waals surface area contributed by atoms with Gasteiger partial charge in [-0.05, 0) is 38.3 Å². The fourth-order valence-corrected chi connectivity index (χ4v) is 2.61. The highest BCUT2D eigenvalue weighted by atomic mass is 16.2. The standard InChI is InChI=1S/C14H25N5O/c1-4-12(10(2)3)16-14(20)13-9-19(18-17-13)11-5-7-15-8-6-11/h9-12,15H,4-8H2,1-3H3,(H,16,20). The van der Waals surface area contributed by atoms with Gasteiger partial charge in [-0.25, -0.2) is 4.68 Å². The van der Waals surface area contributed by atoms with Crippen LogP contribution < -0.4 is 10.6 Å². The van der Waals surface area contributed by atoms with Crippen LogP contribution >= 0.6 is 0 Å². The molecule has 1 aliphatic heterocycles. The molecule has 112 valence electrons. The SMILES string of the molecule is CCC(NC(=O)c1cn(C2CCNCC2)nn1)C(C)C. The fourth-order valence-electron chi connectivity index (χ4n) is 2.61. The summed E-state index contributed by atoms with van der Waals surface area (Å²) in [5.74, 6) is 0.300. The monoisotopic (exact) mass is 279 g/mol. The van der Waals surface area contributed by atoms with Gasteiger partial charge in [0.05, 0.1) is 12.2 Å². The molecule has 20 heavy (non-hydrogen) atoms. The number of carbonyl (C=O) groups is 1. The van der Waals surface area contributed by atoms with Crippen LogP contribution in [0.3, 0.4) is 0 Å². The van der Waals surface area contributed by atoms with Crippen molar-refractivity contribution in [3.05, 3.63) is 11.9 Å². The molecule has 0 bridgehead atoms. The smallest absolute Gasteiger partial charge is 0.273 e. The van der Waals surface area contributed by atoms with Crippen molar-refractivity contribution < 1.29 is 4.79 Å². The minimum Gasteiger partial charge on any atom is -0.348 e. The Bertz CT molecular complexity index is 437. The maximum atomic E-state index is 12.2. The Morgan fingerprint density at radius 1 is 1.50 bits per heavy atom. The second-order valence-corrected chi connectivity index (χ2v) is 5.80. The largest absolute Gasteiger partial charge is 0.348 e. The lowest BCUT2D eigenvalue weighted by molar-refractivity contribution is 0.0919. The second-order valence-electron chi connectivity index (χ2n) is 5.80. The zero-order valence-corrected chi connectivity index (χ0v) is 12.6. The molecule has 0 saturated carbocycles. The van der Waals surface area contributed by atoms with E-state index in [9.17, 15) is 4.79 Å². The lowest BCUT2D eigenvalue weighted by Gasteiger charge is -2.22. The normalized spacial score (nSPS) is 18.2. The maximum absolute atomic E-state index is 12.2. The van der Waals surface area contributed by atoms with E-state index in [1.54, 1.807) is 6.20 Å². The average Bonchev–Trinajstić information content (AvgIpc) is 2.95. The lowest BCUT2D eigenvalue weighted by atomic mass is 10.0. The van der Waals surface area contributed by atoms with Crippen molar-refractivity contribution in [2.75, 3.05) is 13.1 Å². The van der Waals surface area contributed by atoms with Gasteiger partial charge in [-0.2, -0.15) is 0 Å². The van der Waals surface area contributed by atoms with Gasteiger partial charge in [-0.3, -0.25) is 4.79 Å². The van der Waals surface area contributed by atoms with E-state index in [0.29, 0.717) is 17.7 Å². The van der Waals surface area contributed by atoms with Gasteiger partial charge >= 0.3 is 0 Å². The van der Waals surface area contributed by atoms with Crippen molar-refractivity contribution in [2.24, 2.45) is 5.92 Å². The summed E-state index contributed by atoms with van der Waals surface area (Å²) in [6.45, 7) is 8.30. The first-order valence-corrected chi connectivity index (χ1v) is 7.55. The molecule has 2 heterocycles. The van der Waals surface area contributed by atoms with Crippen molar-refractivity contribution in [3.63, 3.8) is 0 Å². The lowest BCUT2D eigenvalue weighted by Crippen LogP contribution is -2.38. The predicted octanol–water partition coefficient (Wildman–Crippen LogP) is 1.37. The highest BCUT2D eigenvalue weighted by Gasteiger charge is 2.20. The molecule has 6 nitrogen and oxygen atoms in total. The van der Waals surface area contributed by atoms with Gasteiger partial charge in [0, 0.05) is 6.04 Å². The zero-order valence-electron chi connectivity index (χ0n) is 12.6. The minimum absolute atomic E-state index is 0.120. The zero-order chi connectivity index (χ0) is 14.5. The number of nitrogens with zero attached hydrogens (tertiary/aromatic N) is 3. The maximum Gasteiger partial charge on any atom is 0.273 e. The van der Waals surface area contributed by atoms with E-state index in [1.807, 2.05) is 4.68 Å². The molecule has 1 aromatic heterocycles. The van der Waals surface area contributed by atoms with E-state index < -0.39 is 0 Å². The fraction of sp³-hybridized carbons (Fsp3) is 0.786. The van der Waals surface area contributed by atoms with Crippen LogP contribution in [0.25, 0.3) is 0 Å². The van der Waals surface area contributed by atoms with Crippen LogP contribution in [0, 0.1) is 5.92 Å². The number of nitrogens with one attached hydrogen (secondary N) is 2. The summed E-state index contributed by atoms with van der Waals surface area (Å²) >= 11 is 0. The Hall–Kier alpha value is -1.43. The highest BCUT2D eigenvalue weighted by molar-refractivity contribution is 5.92. The Morgan fingerprint density at radius 2 is 2.20 bits per heavy atom. The molecule has 0 radical (unpaired) electrons. The van der Waals surface area contributed by atoms with Crippen LogP contribution in [0.2, 0.25) is 0 Å². The van der Waals surface area contributed by atoms with Gasteiger partial charge in [0.15, 0.2) is 5.69 Å². The van der Waals surface area contributed by atoms with Crippen molar-refractivity contribution in [1.29, 1.82) is 0 Å². The van der Waals surface area contributed by atoms with E-state index >= 15 is 0 Å². The summed E-state index contributed by atoms with van der Waals surface area (Å²) in [5.41, 5.74) is 0.419. The molecule has 2 rings (SSSR count). The van der Waals surface area contributed by atoms with Crippen LogP contribution in [0.4, 0.5) is 0 Å². The average molecular weight is 279 g/mol. The summed E-state index contributed by atoms with van der Waals surface area (Å²) in [6, 6.07) is 0.545. The van der Waals surface area contributed by atoms with Crippen molar-refractivity contribution >= 4 is 5.91 Å². The molecular weight excluding hydrogens is 254 g/mol. The summed E-state index contributed by atoms with van der Waals surface area (Å²) in [7, 11) is 0. The number of amides is 1. The highest BCUT2D eigenvalue weighted by Crippen LogP contribution is 2.17. The third-order valence-corrected chi connectivity index (χ3v) is 3.99. The number of hydrogen-bond acceptors (Lipinski definition) is 4. The molecule has 2 N–H and O–H groups in total. The molecule has 1 fully saturated rings. The third-order valence-electron chi connectivity index (χ3n) is 3.99. The summed E-state index contributed by atoms with van der Waals surface area (Å²) < 4.78 is 1.84. The molecule has 1 aliphatic rings. The number of carbonyl (C=O) groups excluding carboxylic acids is 1. The van der Waals surface area contributed by atoms with E-state index in [-0.39, 0.29) is 11.9 Å². The molecule has 1 atom stereocenters. The number of aromatic nitrogens is 3. The Balaban J connectivity index is 1.98. The van der Waals surface area contributed by atoms with Crippen molar-refractivity contribution in [3.8, 4) is 0 Å². The number of hydrogen-bond donors (Lipinski definition) is 2. The second kappa shape index (κ2) is 6.83. The van der Waals surface area contributed by atoms with Crippen molar-refractivity contribution in [1.82, 2.24) is 25.6 Å². The Morgan fingerprint density at radius 3 is 2.80 bits per heavy atom. The first kappa shape index (κ1) is 15.0. The summed E-state index contributed by atoms with van der Waals surface area (Å²) in [5, 5.41) is 14.5. The number of rotatable bonds is 5. The first-order valence-electron chi connectivity index (χ1n) is 7.55. The van der Waals surface area contributed by atoms with Crippen LogP contribution in [0.15, 0.2) is 6.20 Å². The van der Waals surface area contributed by atoms with Crippen molar-refractivity contribution in [2.45, 2.75) is 52.1 Å². The van der Waals surface area contributed by atoms with Crippen LogP contribution in [0.1, 0.15) is 56.6 Å².